The molecule has 0 fully saturated rings. The first-order valence-corrected chi connectivity index (χ1v) is 12.0. The molecule has 2 heterocycles. The third-order valence-corrected chi connectivity index (χ3v) is 7.32. The first-order valence-electron chi connectivity index (χ1n) is 8.64. The lowest BCUT2D eigenvalue weighted by molar-refractivity contribution is -0.115. The van der Waals surface area contributed by atoms with Gasteiger partial charge in [0.05, 0.1) is 21.2 Å². The predicted octanol–water partition coefficient (Wildman–Crippen LogP) is 6.39. The van der Waals surface area contributed by atoms with Gasteiger partial charge in [-0.3, -0.25) is 9.79 Å². The van der Waals surface area contributed by atoms with Gasteiger partial charge < -0.3 is 5.32 Å². The van der Waals surface area contributed by atoms with Gasteiger partial charge in [-0.15, -0.1) is 22.7 Å². The van der Waals surface area contributed by atoms with Crippen LogP contribution in [0.2, 0.25) is 0 Å². The van der Waals surface area contributed by atoms with Crippen LogP contribution in [0.4, 0.5) is 10.8 Å². The smallest absolute Gasteiger partial charge is 0.239 e. The van der Waals surface area contributed by atoms with E-state index in [9.17, 15) is 4.79 Å². The Hall–Kier alpha value is -2.07. The molecule has 29 heavy (non-hydrogen) atoms. The Kier molecular flexibility index (Phi) is 6.39. The Morgan fingerprint density at radius 2 is 2.10 bits per heavy atom. The molecule has 0 aliphatic heterocycles. The topological polar surface area (TPSA) is 67.2 Å². The highest BCUT2D eigenvalue weighted by atomic mass is 79.9. The van der Waals surface area contributed by atoms with Crippen LogP contribution in [-0.4, -0.2) is 27.3 Å². The fraction of sp³-hybridized carbons (Fsp3) is 0.100. The summed E-state index contributed by atoms with van der Waals surface area (Å²) in [7, 11) is 0. The Bertz CT molecular complexity index is 1160. The third-order valence-electron chi connectivity index (χ3n) is 3.89. The van der Waals surface area contributed by atoms with E-state index in [0.717, 1.165) is 30.3 Å². The summed E-state index contributed by atoms with van der Waals surface area (Å²) < 4.78 is 2.95. The number of hydrogen-bond acceptors (Lipinski definition) is 7. The second kappa shape index (κ2) is 9.17. The average molecular weight is 503 g/mol. The fourth-order valence-electron chi connectivity index (χ4n) is 2.42. The number of aliphatic imine (C=N–C) groups is 1. The summed E-state index contributed by atoms with van der Waals surface area (Å²) in [5, 5.41) is 5.00. The van der Waals surface area contributed by atoms with E-state index in [-0.39, 0.29) is 11.2 Å². The number of carbonyl (C=O) groups is 1. The number of amides is 1. The van der Waals surface area contributed by atoms with Gasteiger partial charge in [-0.25, -0.2) is 9.97 Å². The molecule has 4 aromatic rings. The molecule has 0 aliphatic rings. The van der Waals surface area contributed by atoms with Crippen molar-refractivity contribution in [1.29, 1.82) is 0 Å². The monoisotopic (exact) mass is 502 g/mol. The fourth-order valence-corrected chi connectivity index (χ4v) is 5.46. The molecule has 0 saturated heterocycles. The van der Waals surface area contributed by atoms with Crippen LogP contribution in [0.5, 0.6) is 0 Å². The van der Waals surface area contributed by atoms with Gasteiger partial charge in [0, 0.05) is 22.3 Å². The molecule has 9 heteroatoms. The molecular formula is C20H15BrN4OS3. The number of nitrogens with zero attached hydrogens (tertiary/aromatic N) is 3. The molecule has 1 N–H and O–H groups in total. The van der Waals surface area contributed by atoms with Crippen LogP contribution in [-0.2, 0) is 4.79 Å². The molecule has 0 spiro atoms. The second-order valence-corrected chi connectivity index (χ2v) is 10.5. The number of aromatic nitrogens is 2. The lowest BCUT2D eigenvalue weighted by Crippen LogP contribution is -2.22. The third kappa shape index (κ3) is 5.30. The van der Waals surface area contributed by atoms with Crippen LogP contribution in [0, 0.1) is 0 Å². The minimum atomic E-state index is -0.269. The van der Waals surface area contributed by atoms with Crippen LogP contribution in [0.1, 0.15) is 12.5 Å². The second-order valence-electron chi connectivity index (χ2n) is 6.03. The van der Waals surface area contributed by atoms with Gasteiger partial charge in [0.1, 0.15) is 0 Å². The summed E-state index contributed by atoms with van der Waals surface area (Å²) >= 11 is 7.85. The molecule has 0 bridgehead atoms. The van der Waals surface area contributed by atoms with E-state index in [1.807, 2.05) is 61.0 Å². The summed E-state index contributed by atoms with van der Waals surface area (Å²) in [6.07, 6.45) is 3.51. The normalized spacial score (nSPS) is 12.5. The van der Waals surface area contributed by atoms with E-state index in [4.69, 9.17) is 0 Å². The summed E-state index contributed by atoms with van der Waals surface area (Å²) in [6.45, 7) is 1.87. The van der Waals surface area contributed by atoms with Gasteiger partial charge in [-0.2, -0.15) is 0 Å². The highest BCUT2D eigenvalue weighted by molar-refractivity contribution is 9.10. The minimum absolute atomic E-state index is 0.0796. The summed E-state index contributed by atoms with van der Waals surface area (Å²) in [5.41, 5.74) is 2.82. The maximum atomic E-state index is 12.3. The summed E-state index contributed by atoms with van der Waals surface area (Å²) in [6, 6.07) is 13.9. The Morgan fingerprint density at radius 3 is 2.86 bits per heavy atom. The Labute approximate surface area is 188 Å². The van der Waals surface area contributed by atoms with Crippen LogP contribution < -0.4 is 5.32 Å². The van der Waals surface area contributed by atoms with Crippen molar-refractivity contribution < 1.29 is 4.79 Å². The van der Waals surface area contributed by atoms with Crippen molar-refractivity contribution in [3.05, 3.63) is 64.1 Å². The van der Waals surface area contributed by atoms with E-state index in [0.29, 0.717) is 5.13 Å². The van der Waals surface area contributed by atoms with Crippen LogP contribution in [0.15, 0.2) is 67.8 Å². The van der Waals surface area contributed by atoms with Crippen molar-refractivity contribution in [2.75, 3.05) is 5.32 Å². The van der Waals surface area contributed by atoms with E-state index in [2.05, 4.69) is 36.2 Å². The van der Waals surface area contributed by atoms with E-state index in [1.54, 1.807) is 17.5 Å². The minimum Gasteiger partial charge on any atom is -0.301 e. The number of carbonyl (C=O) groups excluding carboxylic acids is 1. The number of thiazole rings is 2. The molecule has 0 saturated carbocycles. The molecule has 0 radical (unpaired) electrons. The molecule has 1 atom stereocenters. The van der Waals surface area contributed by atoms with Gasteiger partial charge in [0.25, 0.3) is 0 Å². The number of anilines is 1. The summed E-state index contributed by atoms with van der Waals surface area (Å²) in [5.74, 6) is -0.0796. The Morgan fingerprint density at radius 1 is 1.28 bits per heavy atom. The molecule has 2 aromatic carbocycles. The lowest BCUT2D eigenvalue weighted by atomic mass is 10.2. The highest BCUT2D eigenvalue weighted by Gasteiger charge is 2.18. The lowest BCUT2D eigenvalue weighted by Gasteiger charge is -2.07. The largest absolute Gasteiger partial charge is 0.301 e. The van der Waals surface area contributed by atoms with E-state index >= 15 is 0 Å². The first kappa shape index (κ1) is 20.2. The number of nitrogens with one attached hydrogen (secondary N) is 1. The van der Waals surface area contributed by atoms with Crippen molar-refractivity contribution in [2.24, 2.45) is 4.99 Å². The number of fused-ring (bicyclic) bond motifs is 1. The molecule has 0 aliphatic carbocycles. The van der Waals surface area contributed by atoms with Crippen LogP contribution in [0.25, 0.3) is 10.2 Å². The Balaban J connectivity index is 1.45. The van der Waals surface area contributed by atoms with Crippen molar-refractivity contribution in [3.8, 4) is 0 Å². The van der Waals surface area contributed by atoms with Gasteiger partial charge in [-0.1, -0.05) is 39.8 Å². The quantitative estimate of drug-likeness (QED) is 0.245. The maximum absolute atomic E-state index is 12.3. The van der Waals surface area contributed by atoms with Crippen molar-refractivity contribution in [3.63, 3.8) is 0 Å². The SMILES string of the molecule is C[C@@H](Sc1nc2ccc(N=Cc3ccc(Br)cc3)cc2s1)C(=O)Nc1nccs1. The van der Waals surface area contributed by atoms with Crippen molar-refractivity contribution in [1.82, 2.24) is 9.97 Å². The predicted molar refractivity (Wildman–Crippen MR) is 127 cm³/mol. The molecule has 4 rings (SSSR count). The maximum Gasteiger partial charge on any atom is 0.239 e. The van der Waals surface area contributed by atoms with Crippen molar-refractivity contribution in [2.45, 2.75) is 16.5 Å². The van der Waals surface area contributed by atoms with Crippen molar-refractivity contribution >= 4 is 83.5 Å². The van der Waals surface area contributed by atoms with Gasteiger partial charge >= 0.3 is 0 Å². The van der Waals surface area contributed by atoms with Gasteiger partial charge in [0.15, 0.2) is 9.47 Å². The zero-order valence-electron chi connectivity index (χ0n) is 15.2. The molecule has 146 valence electrons. The zero-order valence-corrected chi connectivity index (χ0v) is 19.2. The molecule has 5 nitrogen and oxygen atoms in total. The standard InChI is InChI=1S/C20H15BrN4OS3/c1-12(18(26)25-19-22-8-9-27-19)28-20-24-16-7-6-15(10-17(16)29-20)23-11-13-2-4-14(21)5-3-13/h2-12H,1H3,(H,22,25,26)/t12-/m1/s1. The van der Waals surface area contributed by atoms with Gasteiger partial charge in [0.2, 0.25) is 5.91 Å². The molecule has 2 aromatic heterocycles. The number of hydrogen-bond donors (Lipinski definition) is 1. The van der Waals surface area contributed by atoms with Crippen LogP contribution in [0.3, 0.4) is 0 Å². The molecule has 0 unspecified atom stereocenters. The average Bonchev–Trinajstić information content (AvgIpc) is 3.36. The zero-order chi connectivity index (χ0) is 20.2. The highest BCUT2D eigenvalue weighted by Crippen LogP contribution is 2.34. The number of halogens is 1. The molecular weight excluding hydrogens is 488 g/mol. The summed E-state index contributed by atoms with van der Waals surface area (Å²) in [4.78, 5) is 25.6. The number of rotatable bonds is 6. The van der Waals surface area contributed by atoms with E-state index < -0.39 is 0 Å². The van der Waals surface area contributed by atoms with Gasteiger partial charge in [-0.05, 0) is 42.8 Å². The molecule has 1 amide bonds. The first-order chi connectivity index (χ1) is 14.1. The number of thioether (sulfide) groups is 1. The van der Waals surface area contributed by atoms with E-state index in [1.165, 1.54) is 23.1 Å². The number of benzene rings is 2. The van der Waals surface area contributed by atoms with Crippen LogP contribution >= 0.6 is 50.4 Å².